The number of hydrogen-bond donors (Lipinski definition) is 1. The van der Waals surface area contributed by atoms with Crippen LogP contribution in [0.4, 0.5) is 5.69 Å². The third kappa shape index (κ3) is 3.22. The molecule has 0 radical (unpaired) electrons. The fourth-order valence-electron chi connectivity index (χ4n) is 2.52. The average molecular weight is 332 g/mol. The molecular weight excluding hydrogens is 316 g/mol. The van der Waals surface area contributed by atoms with Gasteiger partial charge in [-0.15, -0.1) is 11.3 Å². The third-order valence-electron chi connectivity index (χ3n) is 3.81. The first kappa shape index (κ1) is 15.6. The maximum absolute atomic E-state index is 12.6. The maximum atomic E-state index is 12.6. The van der Waals surface area contributed by atoms with E-state index < -0.39 is 4.92 Å². The number of thiazole rings is 1. The van der Waals surface area contributed by atoms with E-state index >= 15 is 0 Å². The highest BCUT2D eigenvalue weighted by Gasteiger charge is 2.25. The fourth-order valence-corrected chi connectivity index (χ4v) is 3.32. The molecule has 1 N–H and O–H groups in total. The maximum Gasteiger partial charge on any atom is 0.273 e. The molecule has 2 heterocycles. The van der Waals surface area contributed by atoms with Gasteiger partial charge in [0.05, 0.1) is 4.92 Å². The number of non-ortho nitro benzene ring substituents is 1. The van der Waals surface area contributed by atoms with E-state index in [9.17, 15) is 14.9 Å². The number of hydrogen-bond acceptors (Lipinski definition) is 6. The van der Waals surface area contributed by atoms with Crippen molar-refractivity contribution in [3.05, 3.63) is 45.5 Å². The molecule has 1 amide bonds. The van der Waals surface area contributed by atoms with Crippen LogP contribution < -0.4 is 5.32 Å². The van der Waals surface area contributed by atoms with Gasteiger partial charge in [-0.3, -0.25) is 14.9 Å². The Morgan fingerprint density at radius 1 is 1.43 bits per heavy atom. The molecule has 1 aliphatic heterocycles. The molecule has 0 spiro atoms. The summed E-state index contributed by atoms with van der Waals surface area (Å²) in [5.41, 5.74) is 1.24. The molecular formula is C15H16N4O3S. The van der Waals surface area contributed by atoms with Crippen molar-refractivity contribution in [3.8, 4) is 10.6 Å². The predicted molar refractivity (Wildman–Crippen MR) is 87.6 cm³/mol. The summed E-state index contributed by atoms with van der Waals surface area (Å²) < 4.78 is 0. The van der Waals surface area contributed by atoms with Crippen LogP contribution in [-0.4, -0.2) is 46.4 Å². The summed E-state index contributed by atoms with van der Waals surface area (Å²) in [6.45, 7) is 4.25. The number of amides is 1. The first-order valence-electron chi connectivity index (χ1n) is 7.28. The molecule has 1 aromatic carbocycles. The molecule has 8 heteroatoms. The van der Waals surface area contributed by atoms with E-state index in [1.807, 2.05) is 11.8 Å². The lowest BCUT2D eigenvalue weighted by atomic mass is 10.2. The van der Waals surface area contributed by atoms with Gasteiger partial charge in [-0.1, -0.05) is 0 Å². The minimum absolute atomic E-state index is 0.0382. The molecule has 1 saturated heterocycles. The van der Waals surface area contributed by atoms with Crippen molar-refractivity contribution in [1.29, 1.82) is 0 Å². The molecule has 0 saturated carbocycles. The number of benzene rings is 1. The van der Waals surface area contributed by atoms with Crippen LogP contribution in [0.1, 0.15) is 17.4 Å². The highest BCUT2D eigenvalue weighted by Crippen LogP contribution is 2.26. The lowest BCUT2D eigenvalue weighted by Gasteiger charge is -2.33. The van der Waals surface area contributed by atoms with Crippen molar-refractivity contribution < 1.29 is 9.72 Å². The Morgan fingerprint density at radius 2 is 2.17 bits per heavy atom. The number of nitrogens with zero attached hydrogens (tertiary/aromatic N) is 3. The molecule has 23 heavy (non-hydrogen) atoms. The summed E-state index contributed by atoms with van der Waals surface area (Å²) in [5.74, 6) is -0.0663. The molecule has 0 bridgehead atoms. The quantitative estimate of drug-likeness (QED) is 0.687. The first-order valence-corrected chi connectivity index (χ1v) is 8.16. The Kier molecular flexibility index (Phi) is 4.35. The second-order valence-electron chi connectivity index (χ2n) is 5.39. The van der Waals surface area contributed by atoms with Crippen LogP contribution in [0.3, 0.4) is 0 Å². The molecule has 1 fully saturated rings. The molecule has 1 aromatic heterocycles. The van der Waals surface area contributed by atoms with E-state index in [0.29, 0.717) is 17.2 Å². The largest absolute Gasteiger partial charge is 0.332 e. The van der Waals surface area contributed by atoms with Crippen LogP contribution in [-0.2, 0) is 0 Å². The second kappa shape index (κ2) is 6.43. The number of carbonyl (C=O) groups excluding carboxylic acids is 1. The van der Waals surface area contributed by atoms with Crippen LogP contribution >= 0.6 is 11.3 Å². The summed E-state index contributed by atoms with van der Waals surface area (Å²) in [6, 6.07) is 6.32. The summed E-state index contributed by atoms with van der Waals surface area (Å²) in [5, 5.41) is 16.4. The number of carbonyl (C=O) groups is 1. The van der Waals surface area contributed by atoms with E-state index in [2.05, 4.69) is 10.3 Å². The number of piperazine rings is 1. The van der Waals surface area contributed by atoms with E-state index in [-0.39, 0.29) is 17.6 Å². The Bertz CT molecular complexity index is 729. The monoisotopic (exact) mass is 332 g/mol. The number of aromatic nitrogens is 1. The summed E-state index contributed by atoms with van der Waals surface area (Å²) in [6.07, 6.45) is 0. The second-order valence-corrected chi connectivity index (χ2v) is 6.25. The molecule has 3 rings (SSSR count). The highest BCUT2D eigenvalue weighted by atomic mass is 32.1. The molecule has 1 aliphatic rings. The van der Waals surface area contributed by atoms with Crippen molar-refractivity contribution in [3.63, 3.8) is 0 Å². The normalized spacial score (nSPS) is 18.0. The Balaban J connectivity index is 1.79. The zero-order valence-electron chi connectivity index (χ0n) is 12.6. The van der Waals surface area contributed by atoms with Gasteiger partial charge < -0.3 is 10.2 Å². The van der Waals surface area contributed by atoms with Gasteiger partial charge in [0, 0.05) is 48.8 Å². The third-order valence-corrected chi connectivity index (χ3v) is 4.70. The fraction of sp³-hybridized carbons (Fsp3) is 0.333. The first-order chi connectivity index (χ1) is 11.1. The molecule has 2 aromatic rings. The number of nitrogens with one attached hydrogen (secondary N) is 1. The van der Waals surface area contributed by atoms with E-state index in [1.165, 1.54) is 23.5 Å². The SMILES string of the molecule is CC1CNCCN1C(=O)c1csc(-c2ccc([N+](=O)[O-])cc2)n1. The number of nitro benzene ring substituents is 1. The van der Waals surface area contributed by atoms with Gasteiger partial charge in [0.2, 0.25) is 0 Å². The molecule has 1 unspecified atom stereocenters. The van der Waals surface area contributed by atoms with Gasteiger partial charge in [0.25, 0.3) is 11.6 Å². The average Bonchev–Trinajstić information content (AvgIpc) is 3.05. The lowest BCUT2D eigenvalue weighted by molar-refractivity contribution is -0.384. The van der Waals surface area contributed by atoms with E-state index in [4.69, 9.17) is 0 Å². The van der Waals surface area contributed by atoms with Crippen molar-refractivity contribution in [2.45, 2.75) is 13.0 Å². The van der Waals surface area contributed by atoms with Crippen molar-refractivity contribution >= 4 is 22.9 Å². The number of rotatable bonds is 3. The van der Waals surface area contributed by atoms with Gasteiger partial charge >= 0.3 is 0 Å². The zero-order valence-corrected chi connectivity index (χ0v) is 13.4. The topological polar surface area (TPSA) is 88.4 Å². The predicted octanol–water partition coefficient (Wildman–Crippen LogP) is 2.15. The van der Waals surface area contributed by atoms with E-state index in [1.54, 1.807) is 17.5 Å². The van der Waals surface area contributed by atoms with Crippen molar-refractivity contribution in [1.82, 2.24) is 15.2 Å². The number of nitro groups is 1. The Labute approximate surface area is 137 Å². The molecule has 1 atom stereocenters. The summed E-state index contributed by atoms with van der Waals surface area (Å²) >= 11 is 1.37. The van der Waals surface area contributed by atoms with Gasteiger partial charge in [-0.2, -0.15) is 0 Å². The van der Waals surface area contributed by atoms with Crippen molar-refractivity contribution in [2.75, 3.05) is 19.6 Å². The lowest BCUT2D eigenvalue weighted by Crippen LogP contribution is -2.52. The molecule has 120 valence electrons. The standard InChI is InChI=1S/C15H16N4O3S/c1-10-8-16-6-7-18(10)15(20)13-9-23-14(17-13)11-2-4-12(5-3-11)19(21)22/h2-5,9-10,16H,6-8H2,1H3. The van der Waals surface area contributed by atoms with Crippen LogP contribution in [0.5, 0.6) is 0 Å². The van der Waals surface area contributed by atoms with Gasteiger partial charge in [0.1, 0.15) is 10.7 Å². The zero-order chi connectivity index (χ0) is 16.4. The van der Waals surface area contributed by atoms with Crippen LogP contribution in [0.25, 0.3) is 10.6 Å². The van der Waals surface area contributed by atoms with Crippen LogP contribution in [0.15, 0.2) is 29.6 Å². The van der Waals surface area contributed by atoms with Gasteiger partial charge in [0.15, 0.2) is 0 Å². The van der Waals surface area contributed by atoms with Crippen molar-refractivity contribution in [2.24, 2.45) is 0 Å². The summed E-state index contributed by atoms with van der Waals surface area (Å²) in [4.78, 5) is 29.0. The Morgan fingerprint density at radius 3 is 2.83 bits per heavy atom. The molecule has 0 aliphatic carbocycles. The van der Waals surface area contributed by atoms with Crippen LogP contribution in [0.2, 0.25) is 0 Å². The summed E-state index contributed by atoms with van der Waals surface area (Å²) in [7, 11) is 0. The van der Waals surface area contributed by atoms with Crippen LogP contribution in [0, 0.1) is 10.1 Å². The minimum atomic E-state index is -0.438. The minimum Gasteiger partial charge on any atom is -0.332 e. The molecule has 7 nitrogen and oxygen atoms in total. The Hall–Kier alpha value is -2.32. The van der Waals surface area contributed by atoms with Gasteiger partial charge in [-0.05, 0) is 19.1 Å². The smallest absolute Gasteiger partial charge is 0.273 e. The van der Waals surface area contributed by atoms with E-state index in [0.717, 1.165) is 18.7 Å². The van der Waals surface area contributed by atoms with Gasteiger partial charge in [-0.25, -0.2) is 4.98 Å². The highest BCUT2D eigenvalue weighted by molar-refractivity contribution is 7.13.